The molecule has 106 valence electrons. The van der Waals surface area contributed by atoms with Crippen molar-refractivity contribution in [2.75, 3.05) is 31.8 Å². The van der Waals surface area contributed by atoms with Crippen LogP contribution in [0.25, 0.3) is 0 Å². The smallest absolute Gasteiger partial charge is 0.131 e. The maximum absolute atomic E-state index is 14.2. The molecule has 2 atom stereocenters. The first kappa shape index (κ1) is 14.6. The highest BCUT2D eigenvalue weighted by molar-refractivity contribution is 7.99. The van der Waals surface area contributed by atoms with Gasteiger partial charge in [-0.05, 0) is 12.6 Å². The lowest BCUT2D eigenvalue weighted by Gasteiger charge is -2.31. The molecule has 3 nitrogen and oxygen atoms in total. The van der Waals surface area contributed by atoms with E-state index in [1.165, 1.54) is 13.2 Å². The summed E-state index contributed by atoms with van der Waals surface area (Å²) in [7, 11) is 1.54. The van der Waals surface area contributed by atoms with Crippen LogP contribution in [0.15, 0.2) is 18.2 Å². The van der Waals surface area contributed by atoms with Crippen LogP contribution in [0.4, 0.5) is 4.39 Å². The van der Waals surface area contributed by atoms with E-state index in [-0.39, 0.29) is 18.0 Å². The topological polar surface area (TPSA) is 30.5 Å². The van der Waals surface area contributed by atoms with E-state index in [9.17, 15) is 4.39 Å². The first-order chi connectivity index (χ1) is 9.26. The highest BCUT2D eigenvalue weighted by Gasteiger charge is 2.27. The van der Waals surface area contributed by atoms with Crippen molar-refractivity contribution < 1.29 is 13.9 Å². The van der Waals surface area contributed by atoms with Crippen molar-refractivity contribution in [3.05, 3.63) is 29.6 Å². The van der Waals surface area contributed by atoms with E-state index >= 15 is 0 Å². The zero-order valence-corrected chi connectivity index (χ0v) is 12.1. The van der Waals surface area contributed by atoms with Gasteiger partial charge >= 0.3 is 0 Å². The number of nitrogens with one attached hydrogen (secondary N) is 1. The number of ether oxygens (including phenoxy) is 2. The SMILES string of the molecule is CCNC(c1ccc(OC)cc1F)C1CSCCO1. The molecular formula is C14H20FNO2S. The highest BCUT2D eigenvalue weighted by Crippen LogP contribution is 2.29. The zero-order valence-electron chi connectivity index (χ0n) is 11.3. The summed E-state index contributed by atoms with van der Waals surface area (Å²) in [5.74, 6) is 2.20. The van der Waals surface area contributed by atoms with E-state index < -0.39 is 0 Å². The van der Waals surface area contributed by atoms with Crippen LogP contribution in [0.2, 0.25) is 0 Å². The van der Waals surface area contributed by atoms with Crippen LogP contribution in [0.3, 0.4) is 0 Å². The summed E-state index contributed by atoms with van der Waals surface area (Å²) in [6, 6.07) is 4.89. The quantitative estimate of drug-likeness (QED) is 0.901. The van der Waals surface area contributed by atoms with Crippen LogP contribution in [-0.4, -0.2) is 37.9 Å². The molecule has 2 unspecified atom stereocenters. The van der Waals surface area contributed by atoms with Gasteiger partial charge in [0.05, 0.1) is 25.9 Å². The summed E-state index contributed by atoms with van der Waals surface area (Å²) in [5, 5.41) is 3.33. The molecule has 1 N–H and O–H groups in total. The third-order valence-corrected chi connectivity index (χ3v) is 4.20. The maximum atomic E-state index is 14.2. The number of thioether (sulfide) groups is 1. The minimum Gasteiger partial charge on any atom is -0.497 e. The van der Waals surface area contributed by atoms with Gasteiger partial charge in [-0.25, -0.2) is 4.39 Å². The second-order valence-corrected chi connectivity index (χ2v) is 5.56. The number of rotatable bonds is 5. The Hall–Kier alpha value is -0.780. The van der Waals surface area contributed by atoms with Gasteiger partial charge in [0.25, 0.3) is 0 Å². The Bertz CT molecular complexity index is 410. The summed E-state index contributed by atoms with van der Waals surface area (Å²) in [6.45, 7) is 3.53. The minimum atomic E-state index is -0.246. The van der Waals surface area contributed by atoms with E-state index in [2.05, 4.69) is 5.32 Å². The predicted octanol–water partition coefficient (Wildman–Crippen LogP) is 2.62. The molecule has 0 radical (unpaired) electrons. The Morgan fingerprint density at radius 2 is 2.42 bits per heavy atom. The molecular weight excluding hydrogens is 265 g/mol. The van der Waals surface area contributed by atoms with E-state index in [4.69, 9.17) is 9.47 Å². The van der Waals surface area contributed by atoms with Crippen LogP contribution in [0.1, 0.15) is 18.5 Å². The van der Waals surface area contributed by atoms with Crippen molar-refractivity contribution in [3.8, 4) is 5.75 Å². The predicted molar refractivity (Wildman–Crippen MR) is 76.4 cm³/mol. The largest absolute Gasteiger partial charge is 0.497 e. The number of hydrogen-bond donors (Lipinski definition) is 1. The standard InChI is InChI=1S/C14H20FNO2S/c1-3-16-14(13-9-19-7-6-18-13)11-5-4-10(17-2)8-12(11)15/h4-5,8,13-14,16H,3,6-7,9H2,1-2H3. The molecule has 1 aromatic carbocycles. The van der Waals surface area contributed by atoms with Crippen LogP contribution in [-0.2, 0) is 4.74 Å². The molecule has 0 saturated carbocycles. The molecule has 1 heterocycles. The minimum absolute atomic E-state index is 0.0154. The molecule has 1 aliphatic heterocycles. The average Bonchev–Trinajstić information content (AvgIpc) is 2.46. The molecule has 1 fully saturated rings. The zero-order chi connectivity index (χ0) is 13.7. The molecule has 1 aliphatic rings. The van der Waals surface area contributed by atoms with Gasteiger partial charge in [0.2, 0.25) is 0 Å². The molecule has 2 rings (SSSR count). The third kappa shape index (κ3) is 3.61. The Balaban J connectivity index is 2.22. The van der Waals surface area contributed by atoms with Gasteiger partial charge in [-0.15, -0.1) is 0 Å². The molecule has 0 bridgehead atoms. The molecule has 1 saturated heterocycles. The Labute approximate surface area is 117 Å². The number of benzene rings is 1. The molecule has 19 heavy (non-hydrogen) atoms. The van der Waals surface area contributed by atoms with E-state index in [0.29, 0.717) is 11.3 Å². The van der Waals surface area contributed by atoms with Gasteiger partial charge in [-0.3, -0.25) is 0 Å². The van der Waals surface area contributed by atoms with Gasteiger partial charge in [-0.2, -0.15) is 11.8 Å². The lowest BCUT2D eigenvalue weighted by atomic mass is 10.0. The fraction of sp³-hybridized carbons (Fsp3) is 0.571. The average molecular weight is 285 g/mol. The monoisotopic (exact) mass is 285 g/mol. The summed E-state index contributed by atoms with van der Waals surface area (Å²) >= 11 is 1.85. The second kappa shape index (κ2) is 7.12. The molecule has 0 aromatic heterocycles. The lowest BCUT2D eigenvalue weighted by molar-refractivity contribution is 0.0462. The molecule has 5 heteroatoms. The molecule has 0 amide bonds. The van der Waals surface area contributed by atoms with E-state index in [1.54, 1.807) is 12.1 Å². The summed E-state index contributed by atoms with van der Waals surface area (Å²) in [5.41, 5.74) is 0.648. The van der Waals surface area contributed by atoms with Crippen molar-refractivity contribution in [2.45, 2.75) is 19.1 Å². The van der Waals surface area contributed by atoms with Crippen molar-refractivity contribution >= 4 is 11.8 Å². The van der Waals surface area contributed by atoms with Gasteiger partial charge in [0.15, 0.2) is 0 Å². The second-order valence-electron chi connectivity index (χ2n) is 4.41. The van der Waals surface area contributed by atoms with Crippen molar-refractivity contribution in [2.24, 2.45) is 0 Å². The number of methoxy groups -OCH3 is 1. The van der Waals surface area contributed by atoms with E-state index in [1.807, 2.05) is 18.7 Å². The highest BCUT2D eigenvalue weighted by atomic mass is 32.2. The number of hydrogen-bond acceptors (Lipinski definition) is 4. The van der Waals surface area contributed by atoms with Crippen molar-refractivity contribution in [1.29, 1.82) is 0 Å². The molecule has 0 spiro atoms. The lowest BCUT2D eigenvalue weighted by Crippen LogP contribution is -2.38. The van der Waals surface area contributed by atoms with Gasteiger partial charge in [-0.1, -0.05) is 13.0 Å². The fourth-order valence-corrected chi connectivity index (χ4v) is 3.15. The number of halogens is 1. The molecule has 0 aliphatic carbocycles. The van der Waals surface area contributed by atoms with Gasteiger partial charge in [0, 0.05) is 23.1 Å². The van der Waals surface area contributed by atoms with Crippen LogP contribution in [0.5, 0.6) is 5.75 Å². The fourth-order valence-electron chi connectivity index (χ4n) is 2.25. The first-order valence-electron chi connectivity index (χ1n) is 6.52. The summed E-state index contributed by atoms with van der Waals surface area (Å²) in [4.78, 5) is 0. The Morgan fingerprint density at radius 3 is 3.00 bits per heavy atom. The first-order valence-corrected chi connectivity index (χ1v) is 7.68. The van der Waals surface area contributed by atoms with Crippen molar-refractivity contribution in [1.82, 2.24) is 5.32 Å². The van der Waals surface area contributed by atoms with Crippen LogP contribution >= 0.6 is 11.8 Å². The van der Waals surface area contributed by atoms with Crippen molar-refractivity contribution in [3.63, 3.8) is 0 Å². The third-order valence-electron chi connectivity index (χ3n) is 3.18. The Morgan fingerprint density at radius 1 is 1.58 bits per heavy atom. The summed E-state index contributed by atoms with van der Waals surface area (Å²) < 4.78 is 25.0. The Kier molecular flexibility index (Phi) is 5.48. The van der Waals surface area contributed by atoms with Crippen LogP contribution < -0.4 is 10.1 Å². The number of likely N-dealkylation sites (N-methyl/N-ethyl adjacent to an activating group) is 1. The summed E-state index contributed by atoms with van der Waals surface area (Å²) in [6.07, 6.45) is 0.0154. The van der Waals surface area contributed by atoms with Crippen LogP contribution in [0, 0.1) is 5.82 Å². The van der Waals surface area contributed by atoms with Gasteiger partial charge in [0.1, 0.15) is 11.6 Å². The van der Waals surface area contributed by atoms with Gasteiger partial charge < -0.3 is 14.8 Å². The van der Waals surface area contributed by atoms with E-state index in [0.717, 1.165) is 24.7 Å². The normalized spacial score (nSPS) is 21.1. The maximum Gasteiger partial charge on any atom is 0.131 e. The molecule has 1 aromatic rings.